The maximum Gasteiger partial charge on any atom is 0.262 e. The Kier molecular flexibility index (Phi) is 3.34. The van der Waals surface area contributed by atoms with Crippen molar-refractivity contribution in [2.24, 2.45) is 0 Å². The first-order valence-corrected chi connectivity index (χ1v) is 5.70. The molecule has 2 rings (SSSR count). The zero-order valence-corrected chi connectivity index (χ0v) is 10.2. The van der Waals surface area contributed by atoms with E-state index in [1.54, 1.807) is 13.8 Å². The zero-order chi connectivity index (χ0) is 13.3. The Morgan fingerprint density at radius 3 is 2.83 bits per heavy atom. The molecule has 1 atom stereocenters. The van der Waals surface area contributed by atoms with Gasteiger partial charge in [-0.25, -0.2) is 8.78 Å². The van der Waals surface area contributed by atoms with E-state index in [1.165, 1.54) is 0 Å². The lowest BCUT2D eigenvalue weighted by molar-refractivity contribution is -0.123. The first kappa shape index (κ1) is 12.9. The Bertz CT molecular complexity index is 440. The summed E-state index contributed by atoms with van der Waals surface area (Å²) in [7, 11) is 0. The van der Waals surface area contributed by atoms with Crippen LogP contribution in [-0.2, 0) is 11.3 Å². The van der Waals surface area contributed by atoms with Crippen LogP contribution in [0.1, 0.15) is 23.4 Å². The average molecular weight is 259 g/mol. The highest BCUT2D eigenvalue weighted by molar-refractivity contribution is 5.82. The highest BCUT2D eigenvalue weighted by Gasteiger charge is 2.42. The molecule has 5 nitrogen and oxygen atoms in total. The third-order valence-corrected chi connectivity index (χ3v) is 3.05. The number of hydrogen-bond donors (Lipinski definition) is 2. The molecular weight excluding hydrogens is 244 g/mol. The summed E-state index contributed by atoms with van der Waals surface area (Å²) in [5.74, 6) is -2.60. The molecule has 7 heteroatoms. The number of nitrogens with one attached hydrogen (secondary N) is 2. The number of hydrogen-bond acceptors (Lipinski definition) is 4. The number of nitrogens with zero attached hydrogens (tertiary/aromatic N) is 1. The van der Waals surface area contributed by atoms with Crippen LogP contribution in [-0.4, -0.2) is 29.6 Å². The molecule has 1 fully saturated rings. The van der Waals surface area contributed by atoms with E-state index in [0.29, 0.717) is 11.5 Å². The van der Waals surface area contributed by atoms with Crippen molar-refractivity contribution in [2.75, 3.05) is 6.54 Å². The van der Waals surface area contributed by atoms with E-state index in [9.17, 15) is 13.6 Å². The van der Waals surface area contributed by atoms with Crippen LogP contribution >= 0.6 is 0 Å². The molecular formula is C11H15F2N3O2. The molecule has 0 saturated carbocycles. The van der Waals surface area contributed by atoms with Crippen LogP contribution in [0.25, 0.3) is 0 Å². The zero-order valence-electron chi connectivity index (χ0n) is 10.2. The average Bonchev–Trinajstić information content (AvgIpc) is 2.80. The molecule has 18 heavy (non-hydrogen) atoms. The maximum atomic E-state index is 12.9. The Morgan fingerprint density at radius 2 is 2.33 bits per heavy atom. The summed E-state index contributed by atoms with van der Waals surface area (Å²) in [5, 5.41) is 8.87. The lowest BCUT2D eigenvalue weighted by Crippen LogP contribution is -2.40. The first-order valence-electron chi connectivity index (χ1n) is 5.70. The van der Waals surface area contributed by atoms with Gasteiger partial charge in [-0.1, -0.05) is 5.16 Å². The van der Waals surface area contributed by atoms with Gasteiger partial charge >= 0.3 is 0 Å². The van der Waals surface area contributed by atoms with Gasteiger partial charge in [0.25, 0.3) is 5.92 Å². The van der Waals surface area contributed by atoms with Gasteiger partial charge in [-0.05, 0) is 13.8 Å². The number of halogens is 2. The first-order chi connectivity index (χ1) is 8.39. The van der Waals surface area contributed by atoms with Crippen molar-refractivity contribution < 1.29 is 18.1 Å². The van der Waals surface area contributed by atoms with E-state index < -0.39 is 30.8 Å². The van der Waals surface area contributed by atoms with Crippen molar-refractivity contribution in [3.05, 3.63) is 17.0 Å². The van der Waals surface area contributed by atoms with Crippen molar-refractivity contribution in [1.29, 1.82) is 0 Å². The van der Waals surface area contributed by atoms with Gasteiger partial charge in [0.15, 0.2) is 0 Å². The number of aryl methyl sites for hydroxylation is 2. The van der Waals surface area contributed by atoms with Crippen LogP contribution in [0.4, 0.5) is 8.78 Å². The summed E-state index contributed by atoms with van der Waals surface area (Å²) >= 11 is 0. The van der Waals surface area contributed by atoms with Crippen molar-refractivity contribution in [3.8, 4) is 0 Å². The van der Waals surface area contributed by atoms with Gasteiger partial charge in [0.05, 0.1) is 18.3 Å². The number of carbonyl (C=O) groups excluding carboxylic acids is 1. The molecule has 1 aromatic rings. The molecule has 1 unspecified atom stereocenters. The molecule has 0 aromatic carbocycles. The molecule has 1 aliphatic heterocycles. The van der Waals surface area contributed by atoms with Crippen LogP contribution < -0.4 is 10.6 Å². The molecule has 1 saturated heterocycles. The SMILES string of the molecule is Cc1noc(C)c1CNC(=O)C1CC(F)(F)CN1. The third kappa shape index (κ3) is 2.66. The Balaban J connectivity index is 1.90. The van der Waals surface area contributed by atoms with E-state index >= 15 is 0 Å². The van der Waals surface area contributed by atoms with Gasteiger partial charge in [-0.3, -0.25) is 10.1 Å². The standard InChI is InChI=1S/C11H15F2N3O2/c1-6-8(7(2)18-16-6)4-14-10(17)9-3-11(12,13)5-15-9/h9,15H,3-5H2,1-2H3,(H,14,17). The molecule has 1 aromatic heterocycles. The fraction of sp³-hybridized carbons (Fsp3) is 0.636. The summed E-state index contributed by atoms with van der Waals surface area (Å²) in [5.41, 5.74) is 1.48. The van der Waals surface area contributed by atoms with Gasteiger partial charge in [0, 0.05) is 18.5 Å². The summed E-state index contributed by atoms with van der Waals surface area (Å²) in [6.07, 6.45) is -0.458. The van der Waals surface area contributed by atoms with E-state index in [1.807, 2.05) is 0 Å². The molecule has 0 aliphatic carbocycles. The summed E-state index contributed by atoms with van der Waals surface area (Å²) in [6, 6.07) is -0.833. The van der Waals surface area contributed by atoms with Gasteiger partial charge in [0.1, 0.15) is 5.76 Å². The number of aromatic nitrogens is 1. The van der Waals surface area contributed by atoms with E-state index in [0.717, 1.165) is 5.56 Å². The number of alkyl halides is 2. The van der Waals surface area contributed by atoms with Gasteiger partial charge in [-0.15, -0.1) is 0 Å². The van der Waals surface area contributed by atoms with Crippen LogP contribution in [0, 0.1) is 13.8 Å². The minimum absolute atomic E-state index is 0.240. The molecule has 1 amide bonds. The lowest BCUT2D eigenvalue weighted by atomic mass is 10.1. The molecule has 100 valence electrons. The van der Waals surface area contributed by atoms with E-state index in [-0.39, 0.29) is 6.54 Å². The van der Waals surface area contributed by atoms with Crippen LogP contribution in [0.5, 0.6) is 0 Å². The number of amides is 1. The van der Waals surface area contributed by atoms with Gasteiger partial charge in [-0.2, -0.15) is 0 Å². The third-order valence-electron chi connectivity index (χ3n) is 3.05. The Hall–Kier alpha value is -1.50. The van der Waals surface area contributed by atoms with Crippen molar-refractivity contribution in [1.82, 2.24) is 15.8 Å². The monoisotopic (exact) mass is 259 g/mol. The second-order valence-electron chi connectivity index (χ2n) is 4.51. The van der Waals surface area contributed by atoms with Crippen molar-refractivity contribution in [3.63, 3.8) is 0 Å². The Labute approximate surface area is 103 Å². The smallest absolute Gasteiger partial charge is 0.262 e. The summed E-state index contributed by atoms with van der Waals surface area (Å²) in [6.45, 7) is 3.30. The topological polar surface area (TPSA) is 67.2 Å². The highest BCUT2D eigenvalue weighted by atomic mass is 19.3. The number of rotatable bonds is 3. The second kappa shape index (κ2) is 4.64. The molecule has 2 heterocycles. The van der Waals surface area contributed by atoms with Crippen molar-refractivity contribution >= 4 is 5.91 Å². The number of carbonyl (C=O) groups is 1. The van der Waals surface area contributed by atoms with E-state index in [2.05, 4.69) is 15.8 Å². The van der Waals surface area contributed by atoms with Crippen molar-refractivity contribution in [2.45, 2.75) is 38.8 Å². The van der Waals surface area contributed by atoms with Crippen LogP contribution in [0.2, 0.25) is 0 Å². The van der Waals surface area contributed by atoms with Crippen LogP contribution in [0.3, 0.4) is 0 Å². The minimum Gasteiger partial charge on any atom is -0.361 e. The molecule has 0 radical (unpaired) electrons. The van der Waals surface area contributed by atoms with Crippen LogP contribution in [0.15, 0.2) is 4.52 Å². The van der Waals surface area contributed by atoms with Gasteiger partial charge < -0.3 is 9.84 Å². The fourth-order valence-electron chi connectivity index (χ4n) is 1.95. The minimum atomic E-state index is -2.80. The quantitative estimate of drug-likeness (QED) is 0.846. The van der Waals surface area contributed by atoms with Gasteiger partial charge in [0.2, 0.25) is 5.91 Å². The summed E-state index contributed by atoms with van der Waals surface area (Å²) in [4.78, 5) is 11.7. The fourth-order valence-corrected chi connectivity index (χ4v) is 1.95. The molecule has 2 N–H and O–H groups in total. The predicted octanol–water partition coefficient (Wildman–Crippen LogP) is 0.905. The highest BCUT2D eigenvalue weighted by Crippen LogP contribution is 2.25. The lowest BCUT2D eigenvalue weighted by Gasteiger charge is -2.10. The predicted molar refractivity (Wildman–Crippen MR) is 59.2 cm³/mol. The molecule has 0 bridgehead atoms. The van der Waals surface area contributed by atoms with E-state index in [4.69, 9.17) is 4.52 Å². The normalized spacial score (nSPS) is 22.1. The summed E-state index contributed by atoms with van der Waals surface area (Å²) < 4.78 is 30.8. The molecule has 0 spiro atoms. The maximum absolute atomic E-state index is 12.9. The second-order valence-corrected chi connectivity index (χ2v) is 4.51. The largest absolute Gasteiger partial charge is 0.361 e. The molecule has 1 aliphatic rings. The Morgan fingerprint density at radius 1 is 1.61 bits per heavy atom.